The number of benzene rings is 2. The number of carbonyl (C=O) groups is 4. The molecular weight excluding hydrogens is 1110 g/mol. The number of carboxylic acids is 1. The van der Waals surface area contributed by atoms with Crippen LogP contribution in [0, 0.1) is 30.5 Å². The lowest BCUT2D eigenvalue weighted by molar-refractivity contribution is -0.193. The number of hydrogen-bond donors (Lipinski definition) is 3. The van der Waals surface area contributed by atoms with Crippen LogP contribution in [0.4, 0.5) is 21.5 Å². The number of rotatable bonds is 14. The second-order valence-electron chi connectivity index (χ2n) is 19.0. The lowest BCUT2D eigenvalue weighted by atomic mass is 9.92. The number of fused-ring (bicyclic) bond motifs is 2. The van der Waals surface area contributed by atoms with Crippen molar-refractivity contribution in [2.24, 2.45) is 10.4 Å². The third-order valence-electron chi connectivity index (χ3n) is 10.9. The van der Waals surface area contributed by atoms with Gasteiger partial charge in [-0.3, -0.25) is 29.4 Å². The van der Waals surface area contributed by atoms with E-state index in [1.165, 1.54) is 33.5 Å². The van der Waals surface area contributed by atoms with Gasteiger partial charge in [0.2, 0.25) is 10.7 Å². The highest BCUT2D eigenvalue weighted by atomic mass is 35.5. The smallest absolute Gasteiger partial charge is 0.317 e. The largest absolute Gasteiger partial charge is 0.778 e. The van der Waals surface area contributed by atoms with E-state index in [4.69, 9.17) is 69.9 Å². The number of aliphatic carboxylic acids is 1. The van der Waals surface area contributed by atoms with Crippen LogP contribution in [0.15, 0.2) is 58.1 Å². The van der Waals surface area contributed by atoms with Crippen LogP contribution in [-0.2, 0) is 63.5 Å². The molecule has 3 aliphatic rings. The van der Waals surface area contributed by atoms with Crippen LogP contribution >= 0.6 is 53.9 Å². The number of aromatic nitrogens is 2. The first-order valence-electron chi connectivity index (χ1n) is 23.5. The van der Waals surface area contributed by atoms with Crippen LogP contribution < -0.4 is 29.5 Å². The van der Waals surface area contributed by atoms with Crippen LogP contribution in [0.3, 0.4) is 0 Å². The Morgan fingerprint density at radius 1 is 1.18 bits per heavy atom. The van der Waals surface area contributed by atoms with Crippen molar-refractivity contribution in [1.29, 1.82) is 0 Å². The number of nitrogens with one attached hydrogen (secondary N) is 1. The van der Waals surface area contributed by atoms with Gasteiger partial charge in [0.25, 0.3) is 11.8 Å². The summed E-state index contributed by atoms with van der Waals surface area (Å²) >= 11 is 18.2. The van der Waals surface area contributed by atoms with Crippen molar-refractivity contribution in [1.82, 2.24) is 19.2 Å². The molecule has 0 aliphatic carbocycles. The summed E-state index contributed by atoms with van der Waals surface area (Å²) in [7, 11) is -2.07. The summed E-state index contributed by atoms with van der Waals surface area (Å²) in [6.45, 7) is 15.1. The number of furan rings is 1. The van der Waals surface area contributed by atoms with E-state index < -0.39 is 42.8 Å². The highest BCUT2D eigenvalue weighted by Crippen LogP contribution is 2.39. The molecule has 0 spiro atoms. The van der Waals surface area contributed by atoms with Crippen LogP contribution in [0.2, 0.25) is 0 Å². The van der Waals surface area contributed by atoms with Crippen LogP contribution in [0.25, 0.3) is 0 Å². The van der Waals surface area contributed by atoms with E-state index in [0.29, 0.717) is 46.0 Å². The summed E-state index contributed by atoms with van der Waals surface area (Å²) in [5.74, 6) is 1.97. The molecular formula is C50H68Cl3FN7O12PS2. The number of nitrogens with zero attached hydrogens (tertiary/aromatic N) is 6. The van der Waals surface area contributed by atoms with Crippen molar-refractivity contribution < 1.29 is 61.7 Å². The summed E-state index contributed by atoms with van der Waals surface area (Å²) in [5.41, 5.74) is 3.15. The third kappa shape index (κ3) is 19.7. The number of ether oxygens (including phenoxy) is 3. The van der Waals surface area contributed by atoms with Gasteiger partial charge >= 0.3 is 5.97 Å². The molecule has 1 fully saturated rings. The molecule has 2 aromatic carbocycles. The first kappa shape index (κ1) is 65.8. The van der Waals surface area contributed by atoms with Crippen LogP contribution in [0.1, 0.15) is 70.4 Å². The van der Waals surface area contributed by atoms with Gasteiger partial charge in [-0.2, -0.15) is 4.37 Å². The number of amides is 3. The maximum Gasteiger partial charge on any atom is 0.317 e. The summed E-state index contributed by atoms with van der Waals surface area (Å²) in [5, 5.41) is 9.97. The average molecular weight is 1180 g/mol. The molecule has 3 atom stereocenters. The number of carboxylic acid groups (broad SMARTS) is 1. The van der Waals surface area contributed by atoms with Gasteiger partial charge in [-0.25, -0.2) is 9.38 Å². The molecule has 26 heteroatoms. The Balaban J connectivity index is 0.000000272. The standard InChI is InChI=1S/C18H17FN4O2S.C15H22ClNO2.C11H13Cl2NO3.C3H8NO5P.C3H9S/c1-4-5-22-13-7-12(11(19)6-14(13)25-9-16(22)24)20-17-23-10-18(2,3)8-15(23)21-26-17;1-5-13-8-6-7-11(2)15(13)17(14(18)9-16)12(3)10-19-4;1-11(2)14(10(15)9(12)13)6-8(17-11)7-4-3-5-16-7;5-3(6)1-4-2-10(7,8)9;1-4(2)3/h1,6-7H,5,8-10H2,2-3H3;6-8,12H,5,9-10H2,1-4H3;3-5,8-9H,6H2,1-2H3;4H,1-2H2,(H,5,6)(H2,7,8,9);1-3H3/q;;;;+1/p-1. The number of para-hydroxylation sites is 1. The fourth-order valence-electron chi connectivity index (χ4n) is 7.80. The fourth-order valence-corrected chi connectivity index (χ4v) is 9.32. The van der Waals surface area contributed by atoms with Crippen molar-refractivity contribution >= 4 is 106 Å². The maximum atomic E-state index is 14.5. The molecule has 2 aromatic heterocycles. The lowest BCUT2D eigenvalue weighted by Gasteiger charge is -2.31. The van der Waals surface area contributed by atoms with E-state index in [1.54, 1.807) is 38.2 Å². The predicted octanol–water partition coefficient (Wildman–Crippen LogP) is 6.80. The number of halogens is 4. The van der Waals surface area contributed by atoms with Gasteiger partial charge in [-0.05, 0) is 79.8 Å². The molecule has 3 amide bonds. The van der Waals surface area contributed by atoms with Gasteiger partial charge in [0.05, 0.1) is 75.0 Å². The van der Waals surface area contributed by atoms with Gasteiger partial charge < -0.3 is 52.5 Å². The number of aryl methyl sites for hydroxylation is 2. The minimum atomic E-state index is -4.35. The summed E-state index contributed by atoms with van der Waals surface area (Å²) in [4.78, 5) is 72.6. The molecule has 1 saturated heterocycles. The first-order chi connectivity index (χ1) is 35.5. The van der Waals surface area contributed by atoms with E-state index in [2.05, 4.69) is 60.9 Å². The van der Waals surface area contributed by atoms with Crippen LogP contribution in [-0.4, -0.2) is 135 Å². The van der Waals surface area contributed by atoms with Gasteiger partial charge in [-0.1, -0.05) is 68.1 Å². The Labute approximate surface area is 465 Å². The minimum Gasteiger partial charge on any atom is -0.778 e. The fraction of sp³-hybridized carbons (Fsp3) is 0.520. The molecule has 0 radical (unpaired) electrons. The zero-order valence-electron chi connectivity index (χ0n) is 44.4. The topological polar surface area (TPSA) is 242 Å². The van der Waals surface area contributed by atoms with Crippen molar-refractivity contribution in [3.05, 3.63) is 82.1 Å². The van der Waals surface area contributed by atoms with Crippen LogP contribution in [0.5, 0.6) is 5.75 Å². The summed E-state index contributed by atoms with van der Waals surface area (Å²) in [6, 6.07) is 12.4. The highest BCUT2D eigenvalue weighted by molar-refractivity contribution is 7.94. The van der Waals surface area contributed by atoms with Crippen molar-refractivity contribution in [2.75, 3.05) is 80.7 Å². The van der Waals surface area contributed by atoms with E-state index in [0.717, 1.165) is 42.0 Å². The van der Waals surface area contributed by atoms with Gasteiger partial charge in [0.1, 0.15) is 48.3 Å². The Morgan fingerprint density at radius 2 is 1.86 bits per heavy atom. The molecule has 7 rings (SSSR count). The number of alkyl halides is 3. The monoisotopic (exact) mass is 1180 g/mol. The second-order valence-corrected chi connectivity index (χ2v) is 25.1. The third-order valence-corrected chi connectivity index (χ3v) is 12.9. The predicted molar refractivity (Wildman–Crippen MR) is 295 cm³/mol. The average Bonchev–Trinajstić information content (AvgIpc) is 4.12. The quantitative estimate of drug-likeness (QED) is 0.0510. The molecule has 420 valence electrons. The number of anilines is 2. The normalized spacial score (nSPS) is 17.2. The van der Waals surface area contributed by atoms with E-state index in [1.807, 2.05) is 41.9 Å². The summed E-state index contributed by atoms with van der Waals surface area (Å²) < 4.78 is 52.5. The van der Waals surface area contributed by atoms with E-state index in [9.17, 15) is 33.0 Å². The van der Waals surface area contributed by atoms with Crippen molar-refractivity contribution in [3.63, 3.8) is 0 Å². The molecule has 19 nitrogen and oxygen atoms in total. The van der Waals surface area contributed by atoms with Crippen molar-refractivity contribution in [3.8, 4) is 18.1 Å². The van der Waals surface area contributed by atoms with Gasteiger partial charge in [0.15, 0.2) is 17.3 Å². The van der Waals surface area contributed by atoms with Gasteiger partial charge in [-0.15, -0.1) is 18.0 Å². The first-order valence-corrected chi connectivity index (χ1v) is 29.9. The number of hydrogen-bond acceptors (Lipinski definition) is 14. The maximum absolute atomic E-state index is 14.5. The zero-order valence-corrected chi connectivity index (χ0v) is 49.2. The Bertz CT molecular complexity index is 2750. The molecule has 4 aromatic rings. The highest BCUT2D eigenvalue weighted by Gasteiger charge is 2.45. The molecule has 0 bridgehead atoms. The summed E-state index contributed by atoms with van der Waals surface area (Å²) in [6.07, 6.45) is 14.3. The molecule has 3 N–H and O–H groups in total. The number of terminal acetylenes is 1. The second kappa shape index (κ2) is 30.0. The zero-order chi connectivity index (χ0) is 57.3. The molecule has 3 aliphatic heterocycles. The van der Waals surface area contributed by atoms with E-state index in [-0.39, 0.29) is 60.0 Å². The van der Waals surface area contributed by atoms with Gasteiger partial charge in [0, 0.05) is 37.7 Å². The molecule has 5 heterocycles. The van der Waals surface area contributed by atoms with E-state index >= 15 is 0 Å². The molecule has 3 unspecified atom stereocenters. The SMILES string of the molecule is C#CCN1C(=O)COc2cc(F)c(N=c3snc4n3CC(C)(C)C4)cc21.CC1(C)OC(c2ccco2)CN1C(=O)C(Cl)Cl.CCc1cccc(C)c1N(C(=O)CCl)C(C)COC.C[S+](C)C.O=C(O)CNCP(=O)([O-])O. The Kier molecular flexibility index (Phi) is 26.0. The minimum absolute atomic E-state index is 0.0223. The number of carbonyl (C=O) groups excluding carboxylic acids is 3. The Hall–Kier alpha value is -4.50. The molecule has 76 heavy (non-hydrogen) atoms. The molecule has 0 saturated carbocycles. The number of methoxy groups -OCH3 is 1. The lowest BCUT2D eigenvalue weighted by Crippen LogP contribution is -2.45. The van der Waals surface area contributed by atoms with Crippen molar-refractivity contribution in [2.45, 2.75) is 90.6 Å². The Morgan fingerprint density at radius 3 is 2.41 bits per heavy atom.